The second-order valence-corrected chi connectivity index (χ2v) is 3.69. The average molecular weight is 178 g/mol. The van der Waals surface area contributed by atoms with Gasteiger partial charge >= 0.3 is 0 Å². The van der Waals surface area contributed by atoms with E-state index in [-0.39, 0.29) is 0 Å². The lowest BCUT2D eigenvalue weighted by Gasteiger charge is -1.98. The van der Waals surface area contributed by atoms with Crippen LogP contribution in [0, 0.1) is 6.92 Å². The molecule has 1 nitrogen and oxygen atoms in total. The highest BCUT2D eigenvalue weighted by Gasteiger charge is 2.00. The smallest absolute Gasteiger partial charge is 0.120 e. The third-order valence-corrected chi connectivity index (χ3v) is 3.04. The first kappa shape index (κ1) is 7.62. The van der Waals surface area contributed by atoms with Crippen LogP contribution in [-0.4, -0.2) is 7.11 Å². The largest absolute Gasteiger partial charge is 0.497 e. The molecule has 62 valence electrons. The molecule has 0 spiro atoms. The van der Waals surface area contributed by atoms with Gasteiger partial charge in [-0.15, -0.1) is 11.3 Å². The van der Waals surface area contributed by atoms with E-state index in [0.29, 0.717) is 0 Å². The Morgan fingerprint density at radius 1 is 1.33 bits per heavy atom. The van der Waals surface area contributed by atoms with E-state index in [1.54, 1.807) is 18.4 Å². The van der Waals surface area contributed by atoms with Crippen LogP contribution in [0.25, 0.3) is 10.1 Å². The van der Waals surface area contributed by atoms with Crippen molar-refractivity contribution in [3.8, 4) is 5.75 Å². The maximum atomic E-state index is 5.14. The molecule has 0 fully saturated rings. The fraction of sp³-hybridized carbons (Fsp3) is 0.200. The van der Waals surface area contributed by atoms with Crippen LogP contribution in [0.3, 0.4) is 0 Å². The molecule has 0 atom stereocenters. The minimum atomic E-state index is 0.935. The lowest BCUT2D eigenvalue weighted by molar-refractivity contribution is 0.415. The molecule has 2 heteroatoms. The zero-order valence-electron chi connectivity index (χ0n) is 7.13. The molecule has 1 aromatic heterocycles. The van der Waals surface area contributed by atoms with Gasteiger partial charge in [0.1, 0.15) is 5.75 Å². The first-order valence-electron chi connectivity index (χ1n) is 3.83. The lowest BCUT2D eigenvalue weighted by Crippen LogP contribution is -1.80. The summed E-state index contributed by atoms with van der Waals surface area (Å²) in [4.78, 5) is 0. The van der Waals surface area contributed by atoms with Gasteiger partial charge in [-0.3, -0.25) is 0 Å². The molecule has 0 bridgehead atoms. The quantitative estimate of drug-likeness (QED) is 0.651. The van der Waals surface area contributed by atoms with E-state index in [2.05, 4.69) is 24.4 Å². The van der Waals surface area contributed by atoms with Crippen LogP contribution in [0.2, 0.25) is 0 Å². The molecule has 0 aliphatic heterocycles. The number of hydrogen-bond acceptors (Lipinski definition) is 2. The van der Waals surface area contributed by atoms with Gasteiger partial charge in [-0.05, 0) is 41.5 Å². The van der Waals surface area contributed by atoms with Gasteiger partial charge in [-0.25, -0.2) is 0 Å². The number of thiophene rings is 1. The summed E-state index contributed by atoms with van der Waals surface area (Å²) in [6, 6.07) is 6.19. The molecule has 1 heterocycles. The highest BCUT2D eigenvalue weighted by atomic mass is 32.1. The van der Waals surface area contributed by atoms with Crippen molar-refractivity contribution in [3.05, 3.63) is 29.1 Å². The zero-order chi connectivity index (χ0) is 8.55. The fourth-order valence-corrected chi connectivity index (χ4v) is 2.24. The second kappa shape index (κ2) is 2.79. The van der Waals surface area contributed by atoms with Gasteiger partial charge in [0.25, 0.3) is 0 Å². The average Bonchev–Trinajstić information content (AvgIpc) is 2.47. The first-order valence-corrected chi connectivity index (χ1v) is 4.71. The second-order valence-electron chi connectivity index (χ2n) is 2.78. The first-order chi connectivity index (χ1) is 5.81. The van der Waals surface area contributed by atoms with Crippen LogP contribution in [0.5, 0.6) is 5.75 Å². The number of ether oxygens (including phenoxy) is 1. The third kappa shape index (κ3) is 1.08. The maximum absolute atomic E-state index is 5.14. The van der Waals surface area contributed by atoms with Gasteiger partial charge in [0, 0.05) is 4.70 Å². The van der Waals surface area contributed by atoms with E-state index < -0.39 is 0 Å². The van der Waals surface area contributed by atoms with Crippen LogP contribution >= 0.6 is 11.3 Å². The number of rotatable bonds is 1. The van der Waals surface area contributed by atoms with Crippen molar-refractivity contribution in [2.75, 3.05) is 7.11 Å². The summed E-state index contributed by atoms with van der Waals surface area (Å²) >= 11 is 1.76. The number of aryl methyl sites for hydroxylation is 1. The number of fused-ring (bicyclic) bond motifs is 1. The lowest BCUT2D eigenvalue weighted by atomic mass is 10.2. The zero-order valence-corrected chi connectivity index (χ0v) is 7.94. The van der Waals surface area contributed by atoms with E-state index in [1.165, 1.54) is 15.6 Å². The van der Waals surface area contributed by atoms with Crippen molar-refractivity contribution in [2.24, 2.45) is 0 Å². The summed E-state index contributed by atoms with van der Waals surface area (Å²) in [5.41, 5.74) is 1.35. The summed E-state index contributed by atoms with van der Waals surface area (Å²) < 4.78 is 6.44. The van der Waals surface area contributed by atoms with Crippen LogP contribution in [-0.2, 0) is 0 Å². The molecule has 0 aliphatic rings. The Bertz CT molecular complexity index is 403. The molecule has 0 amide bonds. The molecule has 2 aromatic rings. The predicted octanol–water partition coefficient (Wildman–Crippen LogP) is 3.22. The Kier molecular flexibility index (Phi) is 1.77. The molecule has 0 radical (unpaired) electrons. The molecule has 0 aliphatic carbocycles. The minimum absolute atomic E-state index is 0.935. The van der Waals surface area contributed by atoms with Gasteiger partial charge in [0.2, 0.25) is 0 Å². The van der Waals surface area contributed by atoms with Crippen molar-refractivity contribution >= 4 is 21.4 Å². The molecule has 0 saturated carbocycles. The molecule has 1 aromatic carbocycles. The Morgan fingerprint density at radius 3 is 2.92 bits per heavy atom. The van der Waals surface area contributed by atoms with Crippen molar-refractivity contribution in [1.82, 2.24) is 0 Å². The molecular formula is C10H10OS. The minimum Gasteiger partial charge on any atom is -0.497 e. The highest BCUT2D eigenvalue weighted by Crippen LogP contribution is 2.28. The summed E-state index contributed by atoms with van der Waals surface area (Å²) in [6.45, 7) is 2.13. The Balaban J connectivity index is 2.69. The van der Waals surface area contributed by atoms with Gasteiger partial charge in [0.05, 0.1) is 7.11 Å². The van der Waals surface area contributed by atoms with Gasteiger partial charge < -0.3 is 4.74 Å². The molecular weight excluding hydrogens is 168 g/mol. The maximum Gasteiger partial charge on any atom is 0.120 e. The number of benzene rings is 1. The number of methoxy groups -OCH3 is 1. The van der Waals surface area contributed by atoms with Gasteiger partial charge in [-0.1, -0.05) is 0 Å². The van der Waals surface area contributed by atoms with Gasteiger partial charge in [0.15, 0.2) is 0 Å². The molecule has 0 unspecified atom stereocenters. The fourth-order valence-electron chi connectivity index (χ4n) is 1.27. The normalized spacial score (nSPS) is 10.5. The van der Waals surface area contributed by atoms with Crippen LogP contribution in [0.1, 0.15) is 5.56 Å². The third-order valence-electron chi connectivity index (χ3n) is 1.98. The SMILES string of the molecule is COc1ccc2c(C)csc2c1. The van der Waals surface area contributed by atoms with Crippen molar-refractivity contribution in [3.63, 3.8) is 0 Å². The van der Waals surface area contributed by atoms with E-state index in [1.807, 2.05) is 6.07 Å². The molecule has 2 rings (SSSR count). The Labute approximate surface area is 75.6 Å². The Hall–Kier alpha value is -1.02. The van der Waals surface area contributed by atoms with E-state index >= 15 is 0 Å². The van der Waals surface area contributed by atoms with Crippen molar-refractivity contribution in [1.29, 1.82) is 0 Å². The Morgan fingerprint density at radius 2 is 2.17 bits per heavy atom. The van der Waals surface area contributed by atoms with Crippen molar-refractivity contribution < 1.29 is 4.74 Å². The van der Waals surface area contributed by atoms with E-state index in [0.717, 1.165) is 5.75 Å². The summed E-state index contributed by atoms with van der Waals surface area (Å²) in [7, 11) is 1.70. The number of hydrogen-bond donors (Lipinski definition) is 0. The standard InChI is InChI=1S/C10H10OS/c1-7-6-12-10-5-8(11-2)3-4-9(7)10/h3-6H,1-2H3. The van der Waals surface area contributed by atoms with E-state index in [9.17, 15) is 0 Å². The summed E-state index contributed by atoms with van der Waals surface area (Å²) in [5.74, 6) is 0.935. The van der Waals surface area contributed by atoms with Crippen LogP contribution in [0.4, 0.5) is 0 Å². The van der Waals surface area contributed by atoms with Gasteiger partial charge in [-0.2, -0.15) is 0 Å². The van der Waals surface area contributed by atoms with Crippen LogP contribution in [0.15, 0.2) is 23.6 Å². The van der Waals surface area contributed by atoms with Crippen molar-refractivity contribution in [2.45, 2.75) is 6.92 Å². The molecule has 0 N–H and O–H groups in total. The molecule has 12 heavy (non-hydrogen) atoms. The monoisotopic (exact) mass is 178 g/mol. The molecule has 0 saturated heterocycles. The van der Waals surface area contributed by atoms with E-state index in [4.69, 9.17) is 4.74 Å². The van der Waals surface area contributed by atoms with Crippen LogP contribution < -0.4 is 4.74 Å². The summed E-state index contributed by atoms with van der Waals surface area (Å²) in [6.07, 6.45) is 0. The summed E-state index contributed by atoms with van der Waals surface area (Å²) in [5, 5.41) is 3.50. The topological polar surface area (TPSA) is 9.23 Å². The highest BCUT2D eigenvalue weighted by molar-refractivity contribution is 7.17. The predicted molar refractivity (Wildman–Crippen MR) is 53.1 cm³/mol.